The van der Waals surface area contributed by atoms with Crippen LogP contribution >= 0.6 is 15.9 Å². The summed E-state index contributed by atoms with van der Waals surface area (Å²) in [5, 5.41) is 3.10. The van der Waals surface area contributed by atoms with Gasteiger partial charge in [0.05, 0.1) is 5.56 Å². The molecule has 0 aliphatic rings. The van der Waals surface area contributed by atoms with Gasteiger partial charge in [0.1, 0.15) is 0 Å². The highest BCUT2D eigenvalue weighted by Crippen LogP contribution is 2.33. The van der Waals surface area contributed by atoms with E-state index in [0.29, 0.717) is 16.7 Å². The van der Waals surface area contributed by atoms with Crippen molar-refractivity contribution in [2.75, 3.05) is 32.0 Å². The number of rotatable bonds is 5. The van der Waals surface area contributed by atoms with E-state index in [1.54, 1.807) is 0 Å². The van der Waals surface area contributed by atoms with Gasteiger partial charge < -0.3 is 10.2 Å². The number of nitrogens with one attached hydrogen (secondary N) is 1. The van der Waals surface area contributed by atoms with Gasteiger partial charge in [-0.15, -0.1) is 0 Å². The molecule has 0 unspecified atom stereocenters. The SMILES string of the molecule is CCN(C)CCNc1ccc(C(F)(F)F)cc1Br. The standard InChI is InChI=1S/C12H16BrF3N2/c1-3-18(2)7-6-17-11-5-4-9(8-10(11)13)12(14,15)16/h4-5,8,17H,3,6-7H2,1-2H3. The highest BCUT2D eigenvalue weighted by atomic mass is 79.9. The van der Waals surface area contributed by atoms with Crippen molar-refractivity contribution in [2.24, 2.45) is 0 Å². The molecule has 1 aromatic carbocycles. The molecule has 102 valence electrons. The Balaban J connectivity index is 2.63. The zero-order chi connectivity index (χ0) is 13.8. The normalized spacial score (nSPS) is 11.9. The van der Waals surface area contributed by atoms with Crippen molar-refractivity contribution in [2.45, 2.75) is 13.1 Å². The van der Waals surface area contributed by atoms with E-state index in [4.69, 9.17) is 0 Å². The fourth-order valence-corrected chi connectivity index (χ4v) is 1.89. The lowest BCUT2D eigenvalue weighted by atomic mass is 10.2. The van der Waals surface area contributed by atoms with Gasteiger partial charge >= 0.3 is 6.18 Å². The molecule has 6 heteroatoms. The lowest BCUT2D eigenvalue weighted by Crippen LogP contribution is -2.24. The highest BCUT2D eigenvalue weighted by molar-refractivity contribution is 9.10. The fourth-order valence-electron chi connectivity index (χ4n) is 1.37. The minimum atomic E-state index is -4.30. The van der Waals surface area contributed by atoms with Gasteiger partial charge in [-0.1, -0.05) is 6.92 Å². The molecular weight excluding hydrogens is 309 g/mol. The van der Waals surface area contributed by atoms with E-state index < -0.39 is 11.7 Å². The quantitative estimate of drug-likeness (QED) is 0.885. The van der Waals surface area contributed by atoms with Crippen molar-refractivity contribution in [3.63, 3.8) is 0 Å². The second-order valence-electron chi connectivity index (χ2n) is 4.02. The molecule has 1 rings (SSSR count). The van der Waals surface area contributed by atoms with E-state index in [0.717, 1.165) is 25.2 Å². The first-order valence-electron chi connectivity index (χ1n) is 5.63. The van der Waals surface area contributed by atoms with Crippen LogP contribution in [0.25, 0.3) is 0 Å². The van der Waals surface area contributed by atoms with Crippen LogP contribution in [0.4, 0.5) is 18.9 Å². The topological polar surface area (TPSA) is 15.3 Å². The number of nitrogens with zero attached hydrogens (tertiary/aromatic N) is 1. The molecule has 0 fully saturated rings. The van der Waals surface area contributed by atoms with E-state index in [1.807, 2.05) is 14.0 Å². The Morgan fingerprint density at radius 1 is 1.33 bits per heavy atom. The second-order valence-corrected chi connectivity index (χ2v) is 4.87. The van der Waals surface area contributed by atoms with Crippen LogP contribution in [-0.2, 0) is 6.18 Å². The number of hydrogen-bond acceptors (Lipinski definition) is 2. The molecule has 0 bridgehead atoms. The average molecular weight is 325 g/mol. The summed E-state index contributed by atoms with van der Waals surface area (Å²) in [6.45, 7) is 4.52. The maximum absolute atomic E-state index is 12.5. The van der Waals surface area contributed by atoms with Crippen molar-refractivity contribution < 1.29 is 13.2 Å². The van der Waals surface area contributed by atoms with E-state index in [1.165, 1.54) is 6.07 Å². The Labute approximate surface area is 113 Å². The minimum Gasteiger partial charge on any atom is -0.383 e. The molecule has 0 spiro atoms. The van der Waals surface area contributed by atoms with Crippen LogP contribution in [0, 0.1) is 0 Å². The Morgan fingerprint density at radius 2 is 2.00 bits per heavy atom. The van der Waals surface area contributed by atoms with Gasteiger partial charge in [0.25, 0.3) is 0 Å². The van der Waals surface area contributed by atoms with E-state index in [9.17, 15) is 13.2 Å². The molecule has 0 atom stereocenters. The van der Waals surface area contributed by atoms with Crippen LogP contribution in [0.2, 0.25) is 0 Å². The molecule has 18 heavy (non-hydrogen) atoms. The predicted molar refractivity (Wildman–Crippen MR) is 70.8 cm³/mol. The fraction of sp³-hybridized carbons (Fsp3) is 0.500. The molecule has 0 saturated heterocycles. The molecule has 0 heterocycles. The summed E-state index contributed by atoms with van der Waals surface area (Å²) < 4.78 is 37.8. The summed E-state index contributed by atoms with van der Waals surface area (Å²) in [6.07, 6.45) is -4.30. The number of alkyl halides is 3. The van der Waals surface area contributed by atoms with Gasteiger partial charge in [0.15, 0.2) is 0 Å². The second kappa shape index (κ2) is 6.43. The molecule has 0 aliphatic carbocycles. The van der Waals surface area contributed by atoms with Gasteiger partial charge in [0.2, 0.25) is 0 Å². The zero-order valence-corrected chi connectivity index (χ0v) is 11.9. The van der Waals surface area contributed by atoms with Crippen LogP contribution in [0.15, 0.2) is 22.7 Å². The van der Waals surface area contributed by atoms with Crippen LogP contribution in [0.1, 0.15) is 12.5 Å². The number of benzene rings is 1. The zero-order valence-electron chi connectivity index (χ0n) is 10.3. The summed E-state index contributed by atoms with van der Waals surface area (Å²) in [5.74, 6) is 0. The van der Waals surface area contributed by atoms with E-state index in [-0.39, 0.29) is 0 Å². The number of anilines is 1. The maximum Gasteiger partial charge on any atom is 0.416 e. The lowest BCUT2D eigenvalue weighted by Gasteiger charge is -2.16. The Hall–Kier alpha value is -0.750. The maximum atomic E-state index is 12.5. The van der Waals surface area contributed by atoms with E-state index >= 15 is 0 Å². The van der Waals surface area contributed by atoms with E-state index in [2.05, 4.69) is 26.1 Å². The smallest absolute Gasteiger partial charge is 0.383 e. The molecule has 2 nitrogen and oxygen atoms in total. The summed E-state index contributed by atoms with van der Waals surface area (Å²) in [7, 11) is 1.99. The third kappa shape index (κ3) is 4.49. The van der Waals surface area contributed by atoms with Crippen LogP contribution in [-0.4, -0.2) is 31.6 Å². The monoisotopic (exact) mass is 324 g/mol. The first-order valence-corrected chi connectivity index (χ1v) is 6.43. The highest BCUT2D eigenvalue weighted by Gasteiger charge is 2.30. The number of hydrogen-bond donors (Lipinski definition) is 1. The molecular formula is C12H16BrF3N2. The first kappa shape index (κ1) is 15.3. The molecule has 0 radical (unpaired) electrons. The number of likely N-dealkylation sites (N-methyl/N-ethyl adjacent to an activating group) is 1. The first-order chi connectivity index (χ1) is 8.34. The van der Waals surface area contributed by atoms with Gasteiger partial charge in [-0.05, 0) is 47.7 Å². The van der Waals surface area contributed by atoms with Crippen molar-refractivity contribution in [1.29, 1.82) is 0 Å². The van der Waals surface area contributed by atoms with Gasteiger partial charge in [-0.2, -0.15) is 13.2 Å². The van der Waals surface area contributed by atoms with Crippen molar-refractivity contribution >= 4 is 21.6 Å². The summed E-state index contributed by atoms with van der Waals surface area (Å²) in [5.41, 5.74) is 0.0260. The van der Waals surface area contributed by atoms with Crippen molar-refractivity contribution in [3.05, 3.63) is 28.2 Å². The lowest BCUT2D eigenvalue weighted by molar-refractivity contribution is -0.137. The third-order valence-electron chi connectivity index (χ3n) is 2.65. The molecule has 1 N–H and O–H groups in total. The summed E-state index contributed by atoms with van der Waals surface area (Å²) in [4.78, 5) is 2.12. The number of halogens is 4. The molecule has 0 amide bonds. The van der Waals surface area contributed by atoms with Crippen molar-refractivity contribution in [1.82, 2.24) is 4.90 Å². The summed E-state index contributed by atoms with van der Waals surface area (Å²) >= 11 is 3.15. The molecule has 0 aromatic heterocycles. The van der Waals surface area contributed by atoms with Gasteiger partial charge in [-0.25, -0.2) is 0 Å². The van der Waals surface area contributed by atoms with Crippen LogP contribution < -0.4 is 5.32 Å². The van der Waals surface area contributed by atoms with Crippen LogP contribution in [0.3, 0.4) is 0 Å². The minimum absolute atomic E-state index is 0.427. The van der Waals surface area contributed by atoms with Crippen molar-refractivity contribution in [3.8, 4) is 0 Å². The molecule has 0 saturated carbocycles. The largest absolute Gasteiger partial charge is 0.416 e. The molecule has 0 aliphatic heterocycles. The Bertz CT molecular complexity index is 393. The van der Waals surface area contributed by atoms with Crippen LogP contribution in [0.5, 0.6) is 0 Å². The van der Waals surface area contributed by atoms with Gasteiger partial charge in [0, 0.05) is 23.2 Å². The Morgan fingerprint density at radius 3 is 2.50 bits per heavy atom. The third-order valence-corrected chi connectivity index (χ3v) is 3.30. The predicted octanol–water partition coefficient (Wildman–Crippen LogP) is 3.83. The van der Waals surface area contributed by atoms with Gasteiger partial charge in [-0.3, -0.25) is 0 Å². The molecule has 1 aromatic rings. The Kier molecular flexibility index (Phi) is 5.47. The average Bonchev–Trinajstić information content (AvgIpc) is 2.29. The summed E-state index contributed by atoms with van der Waals surface area (Å²) in [6, 6.07) is 3.61.